The molecule has 0 atom stereocenters. The smallest absolute Gasteiger partial charge is 0.0968 e. The Balaban J connectivity index is 2.36. The zero-order valence-electron chi connectivity index (χ0n) is 10.1. The molecule has 0 N–H and O–H groups in total. The van der Waals surface area contributed by atoms with Gasteiger partial charge in [0.15, 0.2) is 0 Å². The summed E-state index contributed by atoms with van der Waals surface area (Å²) in [6.07, 6.45) is 5.58. The Hall–Kier alpha value is -1.35. The maximum atomic E-state index is 5.96. The topological polar surface area (TPSA) is 30.7 Å². The number of hydrogen-bond acceptors (Lipinski definition) is 2. The van der Waals surface area contributed by atoms with Crippen LogP contribution >= 0.6 is 11.6 Å². The molecule has 0 radical (unpaired) electrons. The molecule has 0 aromatic carbocycles. The third kappa shape index (κ3) is 2.86. The second-order valence-corrected chi connectivity index (χ2v) is 4.76. The van der Waals surface area contributed by atoms with Crippen LogP contribution in [0.3, 0.4) is 0 Å². The van der Waals surface area contributed by atoms with Crippen molar-refractivity contribution in [2.45, 2.75) is 26.3 Å². The normalized spacial score (nSPS) is 11.1. The molecule has 0 saturated heterocycles. The molecule has 0 aliphatic heterocycles. The summed E-state index contributed by atoms with van der Waals surface area (Å²) in [6, 6.07) is 3.91. The molecule has 2 heterocycles. The van der Waals surface area contributed by atoms with Gasteiger partial charge in [-0.05, 0) is 18.1 Å². The van der Waals surface area contributed by atoms with Gasteiger partial charge < -0.3 is 0 Å². The van der Waals surface area contributed by atoms with Crippen molar-refractivity contribution in [1.29, 1.82) is 0 Å². The highest BCUT2D eigenvalue weighted by Crippen LogP contribution is 2.23. The van der Waals surface area contributed by atoms with Crippen LogP contribution in [0.2, 0.25) is 0 Å². The van der Waals surface area contributed by atoms with Crippen LogP contribution in [0.1, 0.15) is 19.4 Å². The van der Waals surface area contributed by atoms with Gasteiger partial charge in [0.05, 0.1) is 11.6 Å². The minimum atomic E-state index is 0.482. The number of nitrogens with zero attached hydrogens (tertiary/aromatic N) is 3. The predicted molar refractivity (Wildman–Crippen MR) is 69.9 cm³/mol. The van der Waals surface area contributed by atoms with Crippen molar-refractivity contribution in [3.05, 3.63) is 36.3 Å². The van der Waals surface area contributed by atoms with Crippen molar-refractivity contribution < 1.29 is 0 Å². The molecule has 0 unspecified atom stereocenters. The maximum absolute atomic E-state index is 5.96. The molecule has 17 heavy (non-hydrogen) atoms. The van der Waals surface area contributed by atoms with Crippen LogP contribution in [0.15, 0.2) is 30.7 Å². The summed E-state index contributed by atoms with van der Waals surface area (Å²) in [5, 5.41) is 4.60. The largest absolute Gasteiger partial charge is 0.272 e. The van der Waals surface area contributed by atoms with Crippen LogP contribution in [0.4, 0.5) is 0 Å². The molecular formula is C13H16ClN3. The lowest BCUT2D eigenvalue weighted by Gasteiger charge is -2.03. The van der Waals surface area contributed by atoms with E-state index in [9.17, 15) is 0 Å². The van der Waals surface area contributed by atoms with Gasteiger partial charge in [0, 0.05) is 36.3 Å². The van der Waals surface area contributed by atoms with E-state index in [2.05, 4.69) is 23.9 Å². The molecule has 0 spiro atoms. The highest BCUT2D eigenvalue weighted by atomic mass is 35.5. The average Bonchev–Trinajstić information content (AvgIpc) is 2.72. The third-order valence-corrected chi connectivity index (χ3v) is 2.78. The first kappa shape index (κ1) is 12.1. The molecule has 0 bridgehead atoms. The number of halogens is 1. The van der Waals surface area contributed by atoms with E-state index in [4.69, 9.17) is 11.6 Å². The Bertz CT molecular complexity index is 477. The standard InChI is InChI=1S/C13H16ClN3/c1-10(2)8-17-9-12(7-14)13(16-17)11-3-5-15-6-4-11/h3-6,9-10H,7-8H2,1-2H3. The molecule has 0 saturated carbocycles. The summed E-state index contributed by atoms with van der Waals surface area (Å²) < 4.78 is 1.97. The van der Waals surface area contributed by atoms with Crippen LogP contribution in [0.5, 0.6) is 0 Å². The van der Waals surface area contributed by atoms with Crippen LogP contribution < -0.4 is 0 Å². The van der Waals surface area contributed by atoms with E-state index >= 15 is 0 Å². The molecule has 2 rings (SSSR count). The molecule has 0 amide bonds. The Morgan fingerprint density at radius 3 is 2.59 bits per heavy atom. The molecule has 2 aromatic heterocycles. The zero-order valence-corrected chi connectivity index (χ0v) is 10.9. The van der Waals surface area contributed by atoms with E-state index in [1.54, 1.807) is 12.4 Å². The Labute approximate surface area is 106 Å². The molecule has 3 nitrogen and oxygen atoms in total. The summed E-state index contributed by atoms with van der Waals surface area (Å²) in [7, 11) is 0. The fraction of sp³-hybridized carbons (Fsp3) is 0.385. The van der Waals surface area contributed by atoms with Crippen molar-refractivity contribution in [3.63, 3.8) is 0 Å². The second kappa shape index (κ2) is 5.32. The maximum Gasteiger partial charge on any atom is 0.0968 e. The molecule has 0 aliphatic rings. The fourth-order valence-corrected chi connectivity index (χ4v) is 1.98. The number of aromatic nitrogens is 3. The highest BCUT2D eigenvalue weighted by Gasteiger charge is 2.10. The van der Waals surface area contributed by atoms with Gasteiger partial charge in [-0.1, -0.05) is 13.8 Å². The Kier molecular flexibility index (Phi) is 3.79. The van der Waals surface area contributed by atoms with E-state index in [1.165, 1.54) is 0 Å². The first-order valence-corrected chi connectivity index (χ1v) is 6.27. The fourth-order valence-electron chi connectivity index (χ4n) is 1.78. The van der Waals surface area contributed by atoms with Crippen molar-refractivity contribution in [3.8, 4) is 11.3 Å². The lowest BCUT2D eigenvalue weighted by atomic mass is 10.1. The van der Waals surface area contributed by atoms with Gasteiger partial charge in [0.1, 0.15) is 0 Å². The summed E-state index contributed by atoms with van der Waals surface area (Å²) in [6.45, 7) is 5.26. The SMILES string of the molecule is CC(C)Cn1cc(CCl)c(-c2ccncc2)n1. The molecule has 0 aliphatic carbocycles. The van der Waals surface area contributed by atoms with Gasteiger partial charge in [0.25, 0.3) is 0 Å². The van der Waals surface area contributed by atoms with Crippen LogP contribution in [0.25, 0.3) is 11.3 Å². The quantitative estimate of drug-likeness (QED) is 0.778. The number of pyridine rings is 1. The number of alkyl halides is 1. The summed E-state index contributed by atoms with van der Waals surface area (Å²) in [5.41, 5.74) is 3.10. The average molecular weight is 250 g/mol. The minimum Gasteiger partial charge on any atom is -0.272 e. The van der Waals surface area contributed by atoms with Gasteiger partial charge in [-0.2, -0.15) is 5.10 Å². The molecule has 2 aromatic rings. The second-order valence-electron chi connectivity index (χ2n) is 4.49. The minimum absolute atomic E-state index is 0.482. The first-order valence-electron chi connectivity index (χ1n) is 5.73. The van der Waals surface area contributed by atoms with E-state index in [-0.39, 0.29) is 0 Å². The lowest BCUT2D eigenvalue weighted by molar-refractivity contribution is 0.484. The predicted octanol–water partition coefficient (Wildman–Crippen LogP) is 3.34. The van der Waals surface area contributed by atoms with Gasteiger partial charge in [-0.3, -0.25) is 9.67 Å². The van der Waals surface area contributed by atoms with E-state index in [0.29, 0.717) is 11.8 Å². The highest BCUT2D eigenvalue weighted by molar-refractivity contribution is 6.17. The number of hydrogen-bond donors (Lipinski definition) is 0. The Morgan fingerprint density at radius 2 is 2.00 bits per heavy atom. The van der Waals surface area contributed by atoms with E-state index in [0.717, 1.165) is 23.4 Å². The molecule has 90 valence electrons. The van der Waals surface area contributed by atoms with E-state index in [1.807, 2.05) is 23.0 Å². The Morgan fingerprint density at radius 1 is 1.29 bits per heavy atom. The summed E-state index contributed by atoms with van der Waals surface area (Å²) >= 11 is 5.96. The van der Waals surface area contributed by atoms with E-state index < -0.39 is 0 Å². The van der Waals surface area contributed by atoms with Crippen molar-refractivity contribution in [2.24, 2.45) is 5.92 Å². The third-order valence-electron chi connectivity index (χ3n) is 2.49. The van der Waals surface area contributed by atoms with Gasteiger partial charge in [0.2, 0.25) is 0 Å². The molecule has 4 heteroatoms. The van der Waals surface area contributed by atoms with Gasteiger partial charge in [-0.15, -0.1) is 11.6 Å². The van der Waals surface area contributed by atoms with Crippen molar-refractivity contribution >= 4 is 11.6 Å². The summed E-state index contributed by atoms with van der Waals surface area (Å²) in [4.78, 5) is 4.01. The van der Waals surface area contributed by atoms with Crippen molar-refractivity contribution in [2.75, 3.05) is 0 Å². The zero-order chi connectivity index (χ0) is 12.3. The molecule has 0 fully saturated rings. The van der Waals surface area contributed by atoms with Crippen LogP contribution in [-0.2, 0) is 12.4 Å². The lowest BCUT2D eigenvalue weighted by Crippen LogP contribution is -2.04. The van der Waals surface area contributed by atoms with Crippen LogP contribution in [-0.4, -0.2) is 14.8 Å². The van der Waals surface area contributed by atoms with Crippen LogP contribution in [0, 0.1) is 5.92 Å². The van der Waals surface area contributed by atoms with Gasteiger partial charge in [-0.25, -0.2) is 0 Å². The van der Waals surface area contributed by atoms with Gasteiger partial charge >= 0.3 is 0 Å². The van der Waals surface area contributed by atoms with Crippen molar-refractivity contribution in [1.82, 2.24) is 14.8 Å². The monoisotopic (exact) mass is 249 g/mol. The molecular weight excluding hydrogens is 234 g/mol. The summed E-state index contributed by atoms with van der Waals surface area (Å²) in [5.74, 6) is 1.05. The number of rotatable bonds is 4. The first-order chi connectivity index (χ1) is 8.20.